The summed E-state index contributed by atoms with van der Waals surface area (Å²) in [5.41, 5.74) is 0.495. The highest BCUT2D eigenvalue weighted by Crippen LogP contribution is 2.22. The second-order valence-corrected chi connectivity index (χ2v) is 6.55. The number of nitrogens with zero attached hydrogens (tertiary/aromatic N) is 1. The van der Waals surface area contributed by atoms with E-state index in [2.05, 4.69) is 20.3 Å². The van der Waals surface area contributed by atoms with Crippen LogP contribution in [0.4, 0.5) is 0 Å². The van der Waals surface area contributed by atoms with Crippen molar-refractivity contribution in [3.63, 3.8) is 0 Å². The summed E-state index contributed by atoms with van der Waals surface area (Å²) in [6, 6.07) is 5.89. The summed E-state index contributed by atoms with van der Waals surface area (Å²) >= 11 is 0. The quantitative estimate of drug-likeness (QED) is 0.633. The Hall–Kier alpha value is -1.93. The van der Waals surface area contributed by atoms with Gasteiger partial charge in [-0.25, -0.2) is 8.42 Å². The van der Waals surface area contributed by atoms with Gasteiger partial charge in [0.05, 0.1) is 4.90 Å². The molecule has 0 spiro atoms. The molecule has 0 saturated heterocycles. The van der Waals surface area contributed by atoms with Crippen LogP contribution >= 0.6 is 0 Å². The number of hydrogen-bond donors (Lipinski definition) is 3. The molecular formula is C14H20N4O3S. The summed E-state index contributed by atoms with van der Waals surface area (Å²) in [4.78, 5) is 16.3. The molecule has 7 nitrogen and oxygen atoms in total. The molecule has 1 aliphatic rings. The van der Waals surface area contributed by atoms with Gasteiger partial charge in [-0.1, -0.05) is 19.1 Å². The first-order valence-corrected chi connectivity index (χ1v) is 8.62. The maximum Gasteiger partial charge on any atom is 0.263 e. The number of carbonyl (C=O) groups is 1. The molecule has 2 rings (SSSR count). The van der Waals surface area contributed by atoms with Crippen LogP contribution in [-0.4, -0.2) is 45.8 Å². The SMILES string of the molecule is CCNCCNC(=O)C(C)N=C1NS(=O)(=O)c2ccccc21. The van der Waals surface area contributed by atoms with Crippen LogP contribution in [0.25, 0.3) is 0 Å². The number of likely N-dealkylation sites (N-methyl/N-ethyl adjacent to an activating group) is 1. The van der Waals surface area contributed by atoms with Crippen LogP contribution in [-0.2, 0) is 14.8 Å². The molecule has 0 aromatic heterocycles. The molecular weight excluding hydrogens is 304 g/mol. The summed E-state index contributed by atoms with van der Waals surface area (Å²) in [5.74, 6) is -0.0288. The second kappa shape index (κ2) is 6.89. The summed E-state index contributed by atoms with van der Waals surface area (Å²) in [7, 11) is -3.57. The maximum atomic E-state index is 12.0. The number of nitrogens with one attached hydrogen (secondary N) is 3. The fourth-order valence-electron chi connectivity index (χ4n) is 2.08. The monoisotopic (exact) mass is 324 g/mol. The van der Waals surface area contributed by atoms with Gasteiger partial charge in [0, 0.05) is 18.7 Å². The zero-order chi connectivity index (χ0) is 16.2. The number of hydrogen-bond acceptors (Lipinski definition) is 5. The van der Waals surface area contributed by atoms with E-state index in [1.54, 1.807) is 25.1 Å². The van der Waals surface area contributed by atoms with Gasteiger partial charge in [-0.05, 0) is 25.6 Å². The minimum absolute atomic E-state index is 0.188. The summed E-state index contributed by atoms with van der Waals surface area (Å²) in [5, 5.41) is 5.85. The van der Waals surface area contributed by atoms with E-state index < -0.39 is 16.1 Å². The number of aliphatic imine (C=N–C) groups is 1. The minimum Gasteiger partial charge on any atom is -0.353 e. The van der Waals surface area contributed by atoms with Crippen LogP contribution in [0.2, 0.25) is 0 Å². The Balaban J connectivity index is 2.09. The summed E-state index contributed by atoms with van der Waals surface area (Å²) in [6.45, 7) is 5.64. The fourth-order valence-corrected chi connectivity index (χ4v) is 3.32. The first-order valence-electron chi connectivity index (χ1n) is 7.14. The molecule has 0 bridgehead atoms. The van der Waals surface area contributed by atoms with E-state index in [9.17, 15) is 13.2 Å². The number of sulfonamides is 1. The van der Waals surface area contributed by atoms with Crippen LogP contribution in [0, 0.1) is 0 Å². The smallest absolute Gasteiger partial charge is 0.263 e. The zero-order valence-corrected chi connectivity index (χ0v) is 13.4. The number of fused-ring (bicyclic) bond motifs is 1. The Morgan fingerprint density at radius 3 is 2.77 bits per heavy atom. The van der Waals surface area contributed by atoms with E-state index in [0.717, 1.165) is 6.54 Å². The lowest BCUT2D eigenvalue weighted by atomic mass is 10.2. The van der Waals surface area contributed by atoms with Crippen molar-refractivity contribution in [2.24, 2.45) is 4.99 Å². The Morgan fingerprint density at radius 1 is 1.32 bits per heavy atom. The molecule has 0 saturated carbocycles. The van der Waals surface area contributed by atoms with E-state index in [1.165, 1.54) is 6.07 Å². The highest BCUT2D eigenvalue weighted by atomic mass is 32.2. The van der Waals surface area contributed by atoms with Gasteiger partial charge in [0.1, 0.15) is 11.9 Å². The molecule has 1 aromatic rings. The Kier molecular flexibility index (Phi) is 5.15. The van der Waals surface area contributed by atoms with E-state index >= 15 is 0 Å². The molecule has 0 aliphatic carbocycles. The number of rotatable bonds is 6. The molecule has 1 atom stereocenters. The second-order valence-electron chi connectivity index (χ2n) is 4.90. The van der Waals surface area contributed by atoms with E-state index in [-0.39, 0.29) is 16.6 Å². The van der Waals surface area contributed by atoms with Crippen LogP contribution in [0.5, 0.6) is 0 Å². The Bertz CT molecular complexity index is 685. The molecule has 1 aliphatic heterocycles. The third-order valence-corrected chi connectivity index (χ3v) is 4.61. The van der Waals surface area contributed by atoms with E-state index in [0.29, 0.717) is 18.7 Å². The highest BCUT2D eigenvalue weighted by molar-refractivity contribution is 7.90. The number of carbonyl (C=O) groups excluding carboxylic acids is 1. The predicted octanol–water partition coefficient (Wildman–Crippen LogP) is -0.161. The van der Waals surface area contributed by atoms with Crippen molar-refractivity contribution in [1.82, 2.24) is 15.4 Å². The normalized spacial score (nSPS) is 18.5. The van der Waals surface area contributed by atoms with E-state index in [4.69, 9.17) is 0 Å². The van der Waals surface area contributed by atoms with Crippen LogP contribution in [0.1, 0.15) is 19.4 Å². The predicted molar refractivity (Wildman–Crippen MR) is 84.3 cm³/mol. The van der Waals surface area contributed by atoms with Crippen molar-refractivity contribution in [2.75, 3.05) is 19.6 Å². The third kappa shape index (κ3) is 3.63. The first kappa shape index (κ1) is 16.4. The minimum atomic E-state index is -3.57. The maximum absolute atomic E-state index is 12.0. The lowest BCUT2D eigenvalue weighted by Crippen LogP contribution is -2.37. The average Bonchev–Trinajstić information content (AvgIpc) is 2.75. The number of benzene rings is 1. The third-order valence-electron chi connectivity index (χ3n) is 3.22. The molecule has 0 fully saturated rings. The van der Waals surface area contributed by atoms with Gasteiger partial charge < -0.3 is 10.6 Å². The molecule has 1 unspecified atom stereocenters. The van der Waals surface area contributed by atoms with Gasteiger partial charge in [-0.15, -0.1) is 0 Å². The van der Waals surface area contributed by atoms with Crippen molar-refractivity contribution < 1.29 is 13.2 Å². The van der Waals surface area contributed by atoms with Gasteiger partial charge >= 0.3 is 0 Å². The molecule has 3 N–H and O–H groups in total. The van der Waals surface area contributed by atoms with Crippen molar-refractivity contribution in [3.05, 3.63) is 29.8 Å². The molecule has 1 amide bonds. The summed E-state index contributed by atoms with van der Waals surface area (Å²) < 4.78 is 26.3. The standard InChI is InChI=1S/C14H20N4O3S/c1-3-15-8-9-16-14(19)10(2)17-13-11-6-4-5-7-12(11)22(20,21)18-13/h4-7,10,15H,3,8-9H2,1-2H3,(H,16,19)(H,17,18). The molecule has 22 heavy (non-hydrogen) atoms. The van der Waals surface area contributed by atoms with Crippen LogP contribution in [0.3, 0.4) is 0 Å². The van der Waals surface area contributed by atoms with Crippen LogP contribution in [0.15, 0.2) is 34.2 Å². The lowest BCUT2D eigenvalue weighted by molar-refractivity contribution is -0.121. The first-order chi connectivity index (χ1) is 10.5. The number of amides is 1. The highest BCUT2D eigenvalue weighted by Gasteiger charge is 2.31. The Morgan fingerprint density at radius 2 is 2.05 bits per heavy atom. The van der Waals surface area contributed by atoms with Crippen molar-refractivity contribution in [1.29, 1.82) is 0 Å². The van der Waals surface area contributed by atoms with Gasteiger partial charge in [-0.3, -0.25) is 14.5 Å². The van der Waals surface area contributed by atoms with Gasteiger partial charge in [0.2, 0.25) is 5.91 Å². The summed E-state index contributed by atoms with van der Waals surface area (Å²) in [6.07, 6.45) is 0. The van der Waals surface area contributed by atoms with Gasteiger partial charge in [0.25, 0.3) is 10.0 Å². The molecule has 8 heteroatoms. The van der Waals surface area contributed by atoms with Crippen molar-refractivity contribution >= 4 is 21.8 Å². The van der Waals surface area contributed by atoms with Gasteiger partial charge in [-0.2, -0.15) is 0 Å². The van der Waals surface area contributed by atoms with Crippen molar-refractivity contribution in [2.45, 2.75) is 24.8 Å². The average molecular weight is 324 g/mol. The lowest BCUT2D eigenvalue weighted by Gasteiger charge is -2.09. The molecule has 1 aromatic carbocycles. The van der Waals surface area contributed by atoms with Crippen LogP contribution < -0.4 is 15.4 Å². The largest absolute Gasteiger partial charge is 0.353 e. The topological polar surface area (TPSA) is 99.7 Å². The fraction of sp³-hybridized carbons (Fsp3) is 0.429. The molecule has 120 valence electrons. The zero-order valence-electron chi connectivity index (χ0n) is 12.6. The van der Waals surface area contributed by atoms with E-state index in [1.807, 2.05) is 6.92 Å². The number of amidine groups is 1. The Labute approximate surface area is 130 Å². The van der Waals surface area contributed by atoms with Crippen molar-refractivity contribution in [3.8, 4) is 0 Å². The molecule has 1 heterocycles. The molecule has 0 radical (unpaired) electrons. The van der Waals surface area contributed by atoms with Gasteiger partial charge in [0.15, 0.2) is 0 Å².